The fraction of sp³-hybridized carbons (Fsp3) is 0.286. The van der Waals surface area contributed by atoms with Crippen LogP contribution < -0.4 is 4.90 Å². The van der Waals surface area contributed by atoms with Crippen molar-refractivity contribution in [2.75, 3.05) is 25.5 Å². The maximum atomic E-state index is 11.8. The summed E-state index contributed by atoms with van der Waals surface area (Å²) in [5, 5.41) is 5.50. The van der Waals surface area contributed by atoms with Crippen molar-refractivity contribution in [1.82, 2.24) is 5.01 Å². The monoisotopic (exact) mass is 243 g/mol. The first-order chi connectivity index (χ1) is 8.61. The number of benzene rings is 1. The van der Waals surface area contributed by atoms with Gasteiger partial charge in [0.1, 0.15) is 0 Å². The van der Waals surface area contributed by atoms with Gasteiger partial charge in [0.15, 0.2) is 0 Å². The highest BCUT2D eigenvalue weighted by Crippen LogP contribution is 2.16. The van der Waals surface area contributed by atoms with Crippen molar-refractivity contribution in [3.05, 3.63) is 35.4 Å². The van der Waals surface area contributed by atoms with Crippen LogP contribution in [0.3, 0.4) is 0 Å². The van der Waals surface area contributed by atoms with E-state index in [0.29, 0.717) is 12.1 Å². The zero-order valence-electron chi connectivity index (χ0n) is 10.9. The molecule has 0 radical (unpaired) electrons. The zero-order valence-corrected chi connectivity index (χ0v) is 10.9. The van der Waals surface area contributed by atoms with E-state index in [1.165, 1.54) is 5.01 Å². The van der Waals surface area contributed by atoms with Crippen LogP contribution in [0, 0.1) is 0 Å². The van der Waals surface area contributed by atoms with E-state index in [-0.39, 0.29) is 5.91 Å². The van der Waals surface area contributed by atoms with Gasteiger partial charge >= 0.3 is 0 Å². The summed E-state index contributed by atoms with van der Waals surface area (Å²) in [6.45, 7) is 2.51. The highest BCUT2D eigenvalue weighted by atomic mass is 16.2. The van der Waals surface area contributed by atoms with E-state index in [1.54, 1.807) is 6.21 Å². The second-order valence-electron chi connectivity index (χ2n) is 4.35. The first kappa shape index (κ1) is 12.4. The first-order valence-corrected chi connectivity index (χ1v) is 5.96. The van der Waals surface area contributed by atoms with Crippen LogP contribution in [-0.4, -0.2) is 37.8 Å². The largest absolute Gasteiger partial charge is 0.378 e. The van der Waals surface area contributed by atoms with Crippen molar-refractivity contribution in [3.63, 3.8) is 0 Å². The fourth-order valence-electron chi connectivity index (χ4n) is 1.76. The number of carbonyl (C=O) groups is 1. The van der Waals surface area contributed by atoms with Gasteiger partial charge in [-0.1, -0.05) is 12.1 Å². The average Bonchev–Trinajstić information content (AvgIpc) is 2.71. The number of anilines is 1. The first-order valence-electron chi connectivity index (χ1n) is 5.96. The lowest BCUT2D eigenvalue weighted by atomic mass is 10.1. The number of rotatable bonds is 3. The van der Waals surface area contributed by atoms with Crippen molar-refractivity contribution in [1.29, 1.82) is 0 Å². The Morgan fingerprint density at radius 3 is 2.44 bits per heavy atom. The Bertz CT molecular complexity index is 500. The summed E-state index contributed by atoms with van der Waals surface area (Å²) >= 11 is 0. The molecule has 0 aromatic heterocycles. The maximum Gasteiger partial charge on any atom is 0.275 e. The van der Waals surface area contributed by atoms with Crippen LogP contribution in [0.1, 0.15) is 12.5 Å². The smallest absolute Gasteiger partial charge is 0.275 e. The second-order valence-corrected chi connectivity index (χ2v) is 4.35. The van der Waals surface area contributed by atoms with Gasteiger partial charge in [-0.15, -0.1) is 0 Å². The molecule has 4 heteroatoms. The van der Waals surface area contributed by atoms with Crippen LogP contribution in [0.5, 0.6) is 0 Å². The lowest BCUT2D eigenvalue weighted by molar-refractivity contribution is -0.125. The van der Waals surface area contributed by atoms with E-state index in [9.17, 15) is 4.79 Å². The van der Waals surface area contributed by atoms with Crippen LogP contribution in [0.2, 0.25) is 0 Å². The van der Waals surface area contributed by atoms with E-state index in [4.69, 9.17) is 0 Å². The molecule has 0 atom stereocenters. The molecule has 0 bridgehead atoms. The Hall–Kier alpha value is -2.10. The van der Waals surface area contributed by atoms with Crippen molar-refractivity contribution in [2.45, 2.75) is 6.92 Å². The average molecular weight is 243 g/mol. The zero-order chi connectivity index (χ0) is 13.1. The third-order valence-electron chi connectivity index (χ3n) is 2.85. The molecular formula is C14H17N3O. The van der Waals surface area contributed by atoms with Gasteiger partial charge in [0.05, 0.1) is 11.8 Å². The standard InChI is InChI=1S/C14H17N3O/c1-4-17-14(18)12(10-15-17)9-11-5-7-13(8-6-11)16(2)3/h5-10H,4H2,1-3H3. The third kappa shape index (κ3) is 2.42. The van der Waals surface area contributed by atoms with Crippen LogP contribution in [0.4, 0.5) is 5.69 Å². The molecule has 0 fully saturated rings. The van der Waals surface area contributed by atoms with Crippen molar-refractivity contribution in [2.24, 2.45) is 5.10 Å². The lowest BCUT2D eigenvalue weighted by Gasteiger charge is -2.12. The SMILES string of the molecule is CCN1N=CC(=Cc2ccc(N(C)C)cc2)C1=O. The van der Waals surface area contributed by atoms with Crippen LogP contribution in [0.25, 0.3) is 6.08 Å². The molecule has 1 heterocycles. The van der Waals surface area contributed by atoms with Gasteiger partial charge in [0, 0.05) is 26.3 Å². The molecule has 18 heavy (non-hydrogen) atoms. The number of hydrogen-bond donors (Lipinski definition) is 0. The van der Waals surface area contributed by atoms with Gasteiger partial charge in [-0.05, 0) is 30.7 Å². The minimum Gasteiger partial charge on any atom is -0.378 e. The minimum atomic E-state index is -0.0332. The molecule has 1 aliphatic rings. The molecule has 1 aromatic carbocycles. The Kier molecular flexibility index (Phi) is 3.46. The van der Waals surface area contributed by atoms with Crippen LogP contribution >= 0.6 is 0 Å². The maximum absolute atomic E-state index is 11.8. The number of amides is 1. The number of nitrogens with zero attached hydrogens (tertiary/aromatic N) is 3. The molecule has 0 unspecified atom stereocenters. The van der Waals surface area contributed by atoms with Crippen LogP contribution in [0.15, 0.2) is 34.9 Å². The van der Waals surface area contributed by atoms with Crippen LogP contribution in [-0.2, 0) is 4.79 Å². The number of hydrazone groups is 1. The molecule has 0 spiro atoms. The molecule has 0 saturated heterocycles. The molecule has 2 rings (SSSR count). The van der Waals surface area contributed by atoms with Gasteiger partial charge in [0.2, 0.25) is 0 Å². The Morgan fingerprint density at radius 1 is 1.28 bits per heavy atom. The number of likely N-dealkylation sites (N-methyl/N-ethyl adjacent to an activating group) is 1. The van der Waals surface area contributed by atoms with Gasteiger partial charge in [0.25, 0.3) is 5.91 Å². The summed E-state index contributed by atoms with van der Waals surface area (Å²) < 4.78 is 0. The third-order valence-corrected chi connectivity index (χ3v) is 2.85. The summed E-state index contributed by atoms with van der Waals surface area (Å²) in [6, 6.07) is 8.05. The van der Waals surface area contributed by atoms with E-state index < -0.39 is 0 Å². The molecule has 94 valence electrons. The van der Waals surface area contributed by atoms with E-state index >= 15 is 0 Å². The lowest BCUT2D eigenvalue weighted by Crippen LogP contribution is -2.21. The second kappa shape index (κ2) is 5.04. The summed E-state index contributed by atoms with van der Waals surface area (Å²) in [5.74, 6) is -0.0332. The Morgan fingerprint density at radius 2 is 1.94 bits per heavy atom. The molecule has 1 amide bonds. The van der Waals surface area contributed by atoms with Gasteiger partial charge < -0.3 is 4.90 Å². The number of hydrogen-bond acceptors (Lipinski definition) is 3. The molecule has 0 N–H and O–H groups in total. The molecule has 0 saturated carbocycles. The molecule has 4 nitrogen and oxygen atoms in total. The van der Waals surface area contributed by atoms with Gasteiger partial charge in [-0.3, -0.25) is 4.79 Å². The highest BCUT2D eigenvalue weighted by molar-refractivity contribution is 6.18. The van der Waals surface area contributed by atoms with Crippen molar-refractivity contribution < 1.29 is 4.79 Å². The van der Waals surface area contributed by atoms with Gasteiger partial charge in [-0.2, -0.15) is 5.10 Å². The summed E-state index contributed by atoms with van der Waals surface area (Å²) in [5.41, 5.74) is 2.78. The quantitative estimate of drug-likeness (QED) is 0.761. The summed E-state index contributed by atoms with van der Waals surface area (Å²) in [7, 11) is 4.00. The molecule has 0 aliphatic carbocycles. The fourth-order valence-corrected chi connectivity index (χ4v) is 1.76. The highest BCUT2D eigenvalue weighted by Gasteiger charge is 2.20. The van der Waals surface area contributed by atoms with Gasteiger partial charge in [-0.25, -0.2) is 5.01 Å². The predicted octanol–water partition coefficient (Wildman–Crippen LogP) is 1.98. The van der Waals surface area contributed by atoms with Crippen molar-refractivity contribution in [3.8, 4) is 0 Å². The van der Waals surface area contributed by atoms with E-state index in [2.05, 4.69) is 5.10 Å². The Balaban J connectivity index is 2.19. The molecule has 1 aliphatic heterocycles. The minimum absolute atomic E-state index is 0.0332. The summed E-state index contributed by atoms with van der Waals surface area (Å²) in [6.07, 6.45) is 3.48. The summed E-state index contributed by atoms with van der Waals surface area (Å²) in [4.78, 5) is 13.9. The number of carbonyl (C=O) groups excluding carboxylic acids is 1. The normalized spacial score (nSPS) is 16.7. The molecule has 1 aromatic rings. The predicted molar refractivity (Wildman–Crippen MR) is 74.6 cm³/mol. The van der Waals surface area contributed by atoms with Crippen molar-refractivity contribution >= 4 is 23.9 Å². The Labute approximate surface area is 107 Å². The molecular weight excluding hydrogens is 226 g/mol. The van der Waals surface area contributed by atoms with E-state index in [1.807, 2.05) is 56.3 Å². The van der Waals surface area contributed by atoms with E-state index in [0.717, 1.165) is 11.3 Å². The topological polar surface area (TPSA) is 35.9 Å².